The molecule has 1 aromatic carbocycles. The van der Waals surface area contributed by atoms with Crippen LogP contribution in [0.25, 0.3) is 0 Å². The van der Waals surface area contributed by atoms with Gasteiger partial charge in [0, 0.05) is 13.1 Å². The molecule has 126 valence electrons. The van der Waals surface area contributed by atoms with Crippen molar-refractivity contribution in [2.24, 2.45) is 5.92 Å². The van der Waals surface area contributed by atoms with Crippen LogP contribution in [0.15, 0.2) is 24.3 Å². The average molecular weight is 320 g/mol. The van der Waals surface area contributed by atoms with Gasteiger partial charge in [-0.05, 0) is 37.0 Å². The third kappa shape index (κ3) is 3.82. The molecular weight excluding hydrogens is 296 g/mol. The molecule has 2 amide bonds. The highest BCUT2D eigenvalue weighted by Crippen LogP contribution is 2.32. The number of hydrogen-bond acceptors (Lipinski definition) is 4. The quantitative estimate of drug-likeness (QED) is 0.620. The zero-order valence-electron chi connectivity index (χ0n) is 13.6. The maximum Gasteiger partial charge on any atom is 0.247 e. The number of amides is 2. The second-order valence-electron chi connectivity index (χ2n) is 5.77. The predicted octanol–water partition coefficient (Wildman–Crippen LogP) is 1.93. The number of likely N-dealkylation sites (tertiary alicyclic amines) is 1. The van der Waals surface area contributed by atoms with Crippen LogP contribution in [0, 0.1) is 5.92 Å². The number of benzene rings is 1. The summed E-state index contributed by atoms with van der Waals surface area (Å²) in [6.07, 6.45) is 2.44. The van der Waals surface area contributed by atoms with Crippen molar-refractivity contribution < 1.29 is 19.5 Å². The summed E-state index contributed by atoms with van der Waals surface area (Å²) in [5.74, 6) is -1.09. The molecule has 2 rings (SSSR count). The highest BCUT2D eigenvalue weighted by molar-refractivity contribution is 5.91. The van der Waals surface area contributed by atoms with Crippen LogP contribution in [0.1, 0.15) is 37.7 Å². The molecule has 0 spiro atoms. The molecule has 23 heavy (non-hydrogen) atoms. The number of methoxy groups -OCH3 is 1. The molecule has 6 heteroatoms. The lowest BCUT2D eigenvalue weighted by molar-refractivity contribution is -0.141. The highest BCUT2D eigenvalue weighted by Gasteiger charge is 2.37. The molecule has 1 heterocycles. The molecule has 1 aliphatic rings. The van der Waals surface area contributed by atoms with E-state index < -0.39 is 17.7 Å². The summed E-state index contributed by atoms with van der Waals surface area (Å²) in [4.78, 5) is 26.8. The molecule has 0 saturated carbocycles. The van der Waals surface area contributed by atoms with E-state index in [2.05, 4.69) is 0 Å². The minimum atomic E-state index is -0.610. The SMILES string of the molecule is CC[C@H](C(=O)NO)[C@H](C(=O)N1CCCC1)c1ccc(OC)cc1. The number of carbonyl (C=O) groups excluding carboxylic acids is 2. The third-order valence-electron chi connectivity index (χ3n) is 4.45. The smallest absolute Gasteiger partial charge is 0.247 e. The molecule has 1 saturated heterocycles. The van der Waals surface area contributed by atoms with Crippen molar-refractivity contribution in [3.63, 3.8) is 0 Å². The number of hydroxylamine groups is 1. The lowest BCUT2D eigenvalue weighted by Gasteiger charge is -2.28. The molecular formula is C17H24N2O4. The number of carbonyl (C=O) groups is 2. The monoisotopic (exact) mass is 320 g/mol. The van der Waals surface area contributed by atoms with E-state index in [9.17, 15) is 9.59 Å². The van der Waals surface area contributed by atoms with Crippen molar-refractivity contribution >= 4 is 11.8 Å². The molecule has 2 N–H and O–H groups in total. The van der Waals surface area contributed by atoms with Crippen LogP contribution in [-0.2, 0) is 9.59 Å². The van der Waals surface area contributed by atoms with Crippen LogP contribution in [0.4, 0.5) is 0 Å². The van der Waals surface area contributed by atoms with Gasteiger partial charge < -0.3 is 9.64 Å². The van der Waals surface area contributed by atoms with Gasteiger partial charge in [0.2, 0.25) is 11.8 Å². The van der Waals surface area contributed by atoms with Gasteiger partial charge in [-0.1, -0.05) is 19.1 Å². The second-order valence-corrected chi connectivity index (χ2v) is 5.77. The van der Waals surface area contributed by atoms with Crippen molar-refractivity contribution in [2.75, 3.05) is 20.2 Å². The minimum absolute atomic E-state index is 0.0527. The second kappa shape index (κ2) is 7.97. The van der Waals surface area contributed by atoms with Crippen LogP contribution in [-0.4, -0.2) is 42.1 Å². The number of ether oxygens (including phenoxy) is 1. The summed E-state index contributed by atoms with van der Waals surface area (Å²) < 4.78 is 5.15. The van der Waals surface area contributed by atoms with Crippen LogP contribution in [0.5, 0.6) is 5.75 Å². The molecule has 0 bridgehead atoms. The summed E-state index contributed by atoms with van der Waals surface area (Å²) >= 11 is 0. The number of nitrogens with zero attached hydrogens (tertiary/aromatic N) is 1. The molecule has 0 aromatic heterocycles. The predicted molar refractivity (Wildman–Crippen MR) is 85.3 cm³/mol. The number of rotatable bonds is 6. The Hall–Kier alpha value is -2.08. The first-order valence-electron chi connectivity index (χ1n) is 7.99. The van der Waals surface area contributed by atoms with Crippen molar-refractivity contribution in [1.29, 1.82) is 0 Å². The van der Waals surface area contributed by atoms with E-state index in [4.69, 9.17) is 9.94 Å². The van der Waals surface area contributed by atoms with E-state index in [0.29, 0.717) is 12.2 Å². The molecule has 6 nitrogen and oxygen atoms in total. The first-order chi connectivity index (χ1) is 11.1. The van der Waals surface area contributed by atoms with Gasteiger partial charge in [0.1, 0.15) is 5.75 Å². The van der Waals surface area contributed by atoms with Gasteiger partial charge >= 0.3 is 0 Å². The van der Waals surface area contributed by atoms with Gasteiger partial charge in [-0.3, -0.25) is 14.8 Å². The zero-order valence-corrected chi connectivity index (χ0v) is 13.6. The molecule has 1 fully saturated rings. The summed E-state index contributed by atoms with van der Waals surface area (Å²) in [7, 11) is 1.58. The molecule has 1 aliphatic heterocycles. The van der Waals surface area contributed by atoms with E-state index in [0.717, 1.165) is 31.5 Å². The topological polar surface area (TPSA) is 78.9 Å². The fourth-order valence-electron chi connectivity index (χ4n) is 3.15. The summed E-state index contributed by atoms with van der Waals surface area (Å²) in [5, 5.41) is 9.02. The van der Waals surface area contributed by atoms with E-state index in [1.807, 2.05) is 24.0 Å². The van der Waals surface area contributed by atoms with Gasteiger partial charge in [-0.15, -0.1) is 0 Å². The lowest BCUT2D eigenvalue weighted by atomic mass is 9.82. The molecule has 0 radical (unpaired) electrons. The van der Waals surface area contributed by atoms with Crippen molar-refractivity contribution in [3.8, 4) is 5.75 Å². The fraction of sp³-hybridized carbons (Fsp3) is 0.529. The van der Waals surface area contributed by atoms with Gasteiger partial charge in [0.25, 0.3) is 0 Å². The van der Waals surface area contributed by atoms with Crippen LogP contribution in [0.3, 0.4) is 0 Å². The Morgan fingerprint density at radius 2 is 1.87 bits per heavy atom. The summed E-state index contributed by atoms with van der Waals surface area (Å²) in [6.45, 7) is 3.29. The largest absolute Gasteiger partial charge is 0.497 e. The lowest BCUT2D eigenvalue weighted by Crippen LogP contribution is -2.41. The summed E-state index contributed by atoms with van der Waals surface area (Å²) in [6, 6.07) is 7.18. The molecule has 0 unspecified atom stereocenters. The Morgan fingerprint density at radius 3 is 2.35 bits per heavy atom. The molecule has 1 aromatic rings. The fourth-order valence-corrected chi connectivity index (χ4v) is 3.15. The minimum Gasteiger partial charge on any atom is -0.497 e. The molecule has 0 aliphatic carbocycles. The van der Waals surface area contributed by atoms with Gasteiger partial charge in [-0.25, -0.2) is 5.48 Å². The van der Waals surface area contributed by atoms with Gasteiger partial charge in [0.15, 0.2) is 0 Å². The standard InChI is InChI=1S/C17H24N2O4/c1-3-14(16(20)18-22)15(17(21)19-10-4-5-11-19)12-6-8-13(23-2)9-7-12/h6-9,14-15,22H,3-5,10-11H2,1-2H3,(H,18,20)/t14-,15+/m0/s1. The van der Waals surface area contributed by atoms with E-state index in [1.54, 1.807) is 24.7 Å². The third-order valence-corrected chi connectivity index (χ3v) is 4.45. The summed E-state index contributed by atoms with van der Waals surface area (Å²) in [5.41, 5.74) is 2.46. The van der Waals surface area contributed by atoms with Gasteiger partial charge in [0.05, 0.1) is 18.9 Å². The van der Waals surface area contributed by atoms with E-state index >= 15 is 0 Å². The van der Waals surface area contributed by atoms with E-state index in [-0.39, 0.29) is 5.91 Å². The molecule has 2 atom stereocenters. The first-order valence-corrected chi connectivity index (χ1v) is 7.99. The van der Waals surface area contributed by atoms with Crippen LogP contribution < -0.4 is 10.2 Å². The Kier molecular flexibility index (Phi) is 5.98. The average Bonchev–Trinajstić information content (AvgIpc) is 3.13. The van der Waals surface area contributed by atoms with Gasteiger partial charge in [-0.2, -0.15) is 0 Å². The Labute approximate surface area is 136 Å². The first kappa shape index (κ1) is 17.3. The number of nitrogens with one attached hydrogen (secondary N) is 1. The maximum atomic E-state index is 13.0. The van der Waals surface area contributed by atoms with Crippen LogP contribution in [0.2, 0.25) is 0 Å². The van der Waals surface area contributed by atoms with Crippen molar-refractivity contribution in [3.05, 3.63) is 29.8 Å². The Balaban J connectivity index is 2.35. The highest BCUT2D eigenvalue weighted by atomic mass is 16.5. The maximum absolute atomic E-state index is 13.0. The van der Waals surface area contributed by atoms with E-state index in [1.165, 1.54) is 0 Å². The Morgan fingerprint density at radius 1 is 1.26 bits per heavy atom. The van der Waals surface area contributed by atoms with Crippen LogP contribution >= 0.6 is 0 Å². The zero-order chi connectivity index (χ0) is 16.8. The van der Waals surface area contributed by atoms with Crippen molar-refractivity contribution in [1.82, 2.24) is 10.4 Å². The van der Waals surface area contributed by atoms with Crippen molar-refractivity contribution in [2.45, 2.75) is 32.1 Å². The Bertz CT molecular complexity index is 538. The normalized spacial score (nSPS) is 16.7. The number of hydrogen-bond donors (Lipinski definition) is 2.